The molecule has 9 nitrogen and oxygen atoms in total. The fraction of sp³-hybridized carbons (Fsp3) is 0.406. The van der Waals surface area contributed by atoms with Crippen molar-refractivity contribution in [1.82, 2.24) is 4.72 Å². The number of nitrogens with one attached hydrogen (secondary N) is 1. The maximum Gasteiger partial charge on any atom is 0.208 e. The van der Waals surface area contributed by atoms with Gasteiger partial charge in [-0.05, 0) is 61.6 Å². The third kappa shape index (κ3) is 23.4. The van der Waals surface area contributed by atoms with Crippen LogP contribution in [0, 0.1) is 0 Å². The van der Waals surface area contributed by atoms with Gasteiger partial charge in [0.1, 0.15) is 5.75 Å². The fourth-order valence-electron chi connectivity index (χ4n) is 2.51. The summed E-state index contributed by atoms with van der Waals surface area (Å²) in [6.45, 7) is 9.47. The van der Waals surface area contributed by atoms with Crippen molar-refractivity contribution in [1.29, 1.82) is 0 Å². The number of furan rings is 1. The third-order valence-electron chi connectivity index (χ3n) is 4.73. The molecule has 0 fully saturated rings. The number of sulfonamides is 1. The normalized spacial score (nSPS) is 9.36. The van der Waals surface area contributed by atoms with Crippen LogP contribution >= 0.6 is 23.2 Å². The summed E-state index contributed by atoms with van der Waals surface area (Å²) in [5.41, 5.74) is 1.33. The average molecular weight is 677 g/mol. The zero-order chi connectivity index (χ0) is 34.7. The zero-order valence-electron chi connectivity index (χ0n) is 27.3. The summed E-state index contributed by atoms with van der Waals surface area (Å²) < 4.78 is 35.9. The predicted molar refractivity (Wildman–Crippen MR) is 180 cm³/mol. The second-order valence-electron chi connectivity index (χ2n) is 8.08. The van der Waals surface area contributed by atoms with Gasteiger partial charge in [0, 0.05) is 54.7 Å². The van der Waals surface area contributed by atoms with Gasteiger partial charge in [0.25, 0.3) is 0 Å². The van der Waals surface area contributed by atoms with Gasteiger partial charge in [-0.25, -0.2) is 13.1 Å². The summed E-state index contributed by atoms with van der Waals surface area (Å²) in [5.74, 6) is 1.51. The van der Waals surface area contributed by atoms with Crippen LogP contribution in [0.1, 0.15) is 85.2 Å². The Hall–Kier alpha value is -3.02. The maximum atomic E-state index is 11.2. The number of rotatable bonds is 8. The van der Waals surface area contributed by atoms with Gasteiger partial charge in [0.2, 0.25) is 10.0 Å². The summed E-state index contributed by atoms with van der Waals surface area (Å²) in [5, 5.41) is 0.999. The first kappa shape index (κ1) is 45.4. The van der Waals surface area contributed by atoms with Crippen LogP contribution in [-0.4, -0.2) is 60.4 Å². The van der Waals surface area contributed by atoms with E-state index in [0.717, 1.165) is 17.6 Å². The lowest BCUT2D eigenvalue weighted by molar-refractivity contribution is 0.0958. The van der Waals surface area contributed by atoms with Crippen molar-refractivity contribution >= 4 is 50.6 Å². The van der Waals surface area contributed by atoms with Crippen LogP contribution in [0.4, 0.5) is 0 Å². The molecule has 0 unspecified atom stereocenters. The Bertz CT molecular complexity index is 1270. The lowest BCUT2D eigenvalue weighted by atomic mass is 10.1. The number of halogens is 2. The highest BCUT2D eigenvalue weighted by atomic mass is 35.5. The van der Waals surface area contributed by atoms with Gasteiger partial charge in [-0.15, -0.1) is 0 Å². The number of carbonyl (C=O) groups excluding carboxylic acids is 3. The van der Waals surface area contributed by atoms with Gasteiger partial charge in [-0.3, -0.25) is 14.4 Å². The Balaban J connectivity index is -0.000000497. The number of hydrogen-bond donors (Lipinski definition) is 1. The summed E-state index contributed by atoms with van der Waals surface area (Å²) >= 11 is 11.4. The van der Waals surface area contributed by atoms with Crippen LogP contribution in [-0.2, 0) is 14.8 Å². The van der Waals surface area contributed by atoms with Crippen LogP contribution in [0.25, 0.3) is 0 Å². The van der Waals surface area contributed by atoms with Crippen LogP contribution in [0.2, 0.25) is 10.0 Å². The number of carbonyl (C=O) groups is 3. The highest BCUT2D eigenvalue weighted by molar-refractivity contribution is 7.88. The molecular formula is C32H47Cl2NO8S. The maximum absolute atomic E-state index is 11.2. The minimum atomic E-state index is -2.91. The lowest BCUT2D eigenvalue weighted by Gasteiger charge is -2.00. The Morgan fingerprint density at radius 3 is 1.50 bits per heavy atom. The van der Waals surface area contributed by atoms with E-state index in [0.29, 0.717) is 40.6 Å². The minimum Gasteiger partial charge on any atom is -0.497 e. The Labute approximate surface area is 273 Å². The van der Waals surface area contributed by atoms with Gasteiger partial charge in [-0.1, -0.05) is 57.8 Å². The predicted octanol–water partition coefficient (Wildman–Crippen LogP) is 8.20. The zero-order valence-corrected chi connectivity index (χ0v) is 29.7. The minimum absolute atomic E-state index is 0.0550. The molecule has 1 aromatic heterocycles. The molecule has 0 aliphatic carbocycles. The van der Waals surface area contributed by atoms with Crippen LogP contribution in [0.3, 0.4) is 0 Å². The molecule has 3 aromatic rings. The monoisotopic (exact) mass is 675 g/mol. The molecule has 44 heavy (non-hydrogen) atoms. The molecule has 0 radical (unpaired) electrons. The third-order valence-corrected chi connectivity index (χ3v) is 5.90. The molecule has 0 aliphatic heterocycles. The molecule has 0 aliphatic rings. The molecule has 12 heteroatoms. The van der Waals surface area contributed by atoms with Crippen LogP contribution in [0.5, 0.6) is 5.75 Å². The molecule has 3 rings (SSSR count). The van der Waals surface area contributed by atoms with E-state index in [1.54, 1.807) is 82.9 Å². The van der Waals surface area contributed by atoms with Crippen molar-refractivity contribution in [3.8, 4) is 5.75 Å². The molecular weight excluding hydrogens is 629 g/mol. The van der Waals surface area contributed by atoms with Crippen molar-refractivity contribution in [2.45, 2.75) is 53.9 Å². The molecule has 0 bridgehead atoms. The van der Waals surface area contributed by atoms with E-state index in [1.165, 1.54) is 13.3 Å². The van der Waals surface area contributed by atoms with Crippen molar-refractivity contribution in [2.75, 3.05) is 34.6 Å². The van der Waals surface area contributed by atoms with E-state index in [2.05, 4.69) is 9.46 Å². The average Bonchev–Trinajstić information content (AvgIpc) is 3.57. The highest BCUT2D eigenvalue weighted by Gasteiger charge is 2.05. The van der Waals surface area contributed by atoms with E-state index in [1.807, 2.05) is 27.7 Å². The first-order valence-corrected chi connectivity index (χ1v) is 16.4. The number of hydrogen-bond acceptors (Lipinski definition) is 8. The number of Topliss-reactive ketones (excluding diaryl/α,β-unsaturated/α-hetero) is 3. The molecule has 1 heterocycles. The Kier molecular flexibility index (Phi) is 28.4. The van der Waals surface area contributed by atoms with Crippen molar-refractivity contribution in [3.05, 3.63) is 87.8 Å². The highest BCUT2D eigenvalue weighted by Crippen LogP contribution is 2.19. The Morgan fingerprint density at radius 2 is 1.18 bits per heavy atom. The standard InChI is InChI=1S/C10H12O2.C9H8Cl2O.C7H8O2.C2H7NO2S.C2H6O.C2H6/c1-3-10(11)8-4-6-9(12-2)7-5-8;1-2-9(12)6-3-7(10)5-8(11)4-6;1-2-6(8)7-4-3-5-9-7;1-3-6(2,4)5;1-3-2;1-2/h4-7H,3H2,1-2H3;3-5H,2H2,1H3;3-5H,2H2,1H3;3H,1-2H3;1-2H3;1-2H3. The van der Waals surface area contributed by atoms with Crippen molar-refractivity contribution in [3.63, 3.8) is 0 Å². The van der Waals surface area contributed by atoms with Gasteiger partial charge in [0.05, 0.1) is 19.6 Å². The van der Waals surface area contributed by atoms with Gasteiger partial charge in [0.15, 0.2) is 23.1 Å². The SMILES string of the molecule is CC.CCC(=O)c1cc(Cl)cc(Cl)c1.CCC(=O)c1ccc(OC)cc1.CCC(=O)c1ccco1.CNS(C)(=O)=O.COC. The van der Waals surface area contributed by atoms with E-state index >= 15 is 0 Å². The summed E-state index contributed by atoms with van der Waals surface area (Å²) in [6.07, 6.45) is 4.13. The Morgan fingerprint density at radius 1 is 0.773 bits per heavy atom. The van der Waals surface area contributed by atoms with Crippen LogP contribution < -0.4 is 9.46 Å². The molecule has 0 saturated carbocycles. The van der Waals surface area contributed by atoms with Crippen molar-refractivity contribution in [2.24, 2.45) is 0 Å². The summed E-state index contributed by atoms with van der Waals surface area (Å²) in [6, 6.07) is 15.4. The number of benzene rings is 2. The molecule has 0 atom stereocenters. The molecule has 1 N–H and O–H groups in total. The second-order valence-corrected chi connectivity index (χ2v) is 10.9. The lowest BCUT2D eigenvalue weighted by Crippen LogP contribution is -2.15. The largest absolute Gasteiger partial charge is 0.497 e. The number of ketones is 3. The van der Waals surface area contributed by atoms with Gasteiger partial charge in [-0.2, -0.15) is 0 Å². The molecule has 0 spiro atoms. The smallest absolute Gasteiger partial charge is 0.208 e. The van der Waals surface area contributed by atoms with Crippen molar-refractivity contribution < 1.29 is 36.7 Å². The van der Waals surface area contributed by atoms with E-state index < -0.39 is 10.0 Å². The molecule has 0 saturated heterocycles. The molecule has 0 amide bonds. The summed E-state index contributed by atoms with van der Waals surface area (Å²) in [7, 11) is 3.32. The molecule has 248 valence electrons. The fourth-order valence-corrected chi connectivity index (χ4v) is 3.04. The topological polar surface area (TPSA) is 129 Å². The first-order chi connectivity index (χ1) is 20.7. The van der Waals surface area contributed by atoms with Gasteiger partial charge >= 0.3 is 0 Å². The number of ether oxygens (including phenoxy) is 2. The second kappa shape index (κ2) is 27.5. The first-order valence-electron chi connectivity index (χ1n) is 13.7. The summed E-state index contributed by atoms with van der Waals surface area (Å²) in [4.78, 5) is 33.2. The van der Waals surface area contributed by atoms with Crippen LogP contribution in [0.15, 0.2) is 65.3 Å². The van der Waals surface area contributed by atoms with E-state index in [4.69, 9.17) is 32.4 Å². The van der Waals surface area contributed by atoms with E-state index in [9.17, 15) is 22.8 Å². The van der Waals surface area contributed by atoms with Gasteiger partial charge < -0.3 is 13.9 Å². The quantitative estimate of drug-likeness (QED) is 0.237. The van der Waals surface area contributed by atoms with E-state index in [-0.39, 0.29) is 17.3 Å². The molecule has 2 aromatic carbocycles. The number of methoxy groups -OCH3 is 2.